The lowest BCUT2D eigenvalue weighted by molar-refractivity contribution is -0.145. The van der Waals surface area contributed by atoms with Crippen molar-refractivity contribution in [3.05, 3.63) is 69.0 Å². The molecule has 200 valence electrons. The van der Waals surface area contributed by atoms with Crippen LogP contribution in [-0.4, -0.2) is 41.5 Å². The van der Waals surface area contributed by atoms with Crippen molar-refractivity contribution < 1.29 is 23.5 Å². The molecule has 3 aromatic rings. The number of hydrogen-bond donors (Lipinski definition) is 0. The fourth-order valence-electron chi connectivity index (χ4n) is 4.74. The van der Waals surface area contributed by atoms with Gasteiger partial charge < -0.3 is 23.7 Å². The number of carbonyl (C=O) groups is 2. The Morgan fingerprint density at radius 2 is 1.84 bits per heavy atom. The number of fused-ring (bicyclic) bond motifs is 2. The number of ether oxygens (including phenoxy) is 2. The monoisotopic (exact) mass is 538 g/mol. The maximum Gasteiger partial charge on any atom is 0.242 e. The zero-order chi connectivity index (χ0) is 26.6. The number of hydrogen-bond acceptors (Lipinski definition) is 6. The molecule has 0 unspecified atom stereocenters. The van der Waals surface area contributed by atoms with Crippen LogP contribution in [0.25, 0.3) is 11.0 Å². The number of amides is 2. The average molecular weight is 539 g/mol. The van der Waals surface area contributed by atoms with E-state index >= 15 is 0 Å². The van der Waals surface area contributed by atoms with Gasteiger partial charge in [0.25, 0.3) is 0 Å². The molecule has 38 heavy (non-hydrogen) atoms. The zero-order valence-corrected chi connectivity index (χ0v) is 22.2. The Labute approximate surface area is 226 Å². The molecule has 0 N–H and O–H groups in total. The molecule has 2 amide bonds. The number of rotatable bonds is 10. The molecule has 0 spiro atoms. The first-order chi connectivity index (χ1) is 18.4. The molecule has 1 aromatic heterocycles. The standard InChI is InChI=1S/C29H31ClN2O6/c1-2-3-11-31(29(35)20-5-4-6-20)16-27(33)32(14-19-7-9-25-26(12-19)38-18-37-25)15-21-17-36-24-10-8-22(30)13-23(24)28(21)34/h7-10,12-13,17,20H,2-6,11,14-16,18H2,1H3. The second-order valence-corrected chi connectivity index (χ2v) is 10.3. The normalized spacial score (nSPS) is 14.4. The summed E-state index contributed by atoms with van der Waals surface area (Å²) >= 11 is 6.12. The number of nitrogens with zero attached hydrogens (tertiary/aromatic N) is 2. The predicted molar refractivity (Wildman–Crippen MR) is 143 cm³/mol. The Kier molecular flexibility index (Phi) is 7.88. The van der Waals surface area contributed by atoms with Gasteiger partial charge in [-0.15, -0.1) is 0 Å². The SMILES string of the molecule is CCCCN(CC(=O)N(Cc1ccc2c(c1)OCO2)Cc1coc2ccc(Cl)cc2c1=O)C(=O)C1CCC1. The molecule has 9 heteroatoms. The van der Waals surface area contributed by atoms with E-state index in [0.29, 0.717) is 39.6 Å². The third-order valence-corrected chi connectivity index (χ3v) is 7.44. The van der Waals surface area contributed by atoms with E-state index < -0.39 is 0 Å². The van der Waals surface area contributed by atoms with E-state index in [1.165, 1.54) is 6.26 Å². The Bertz CT molecular complexity index is 1400. The summed E-state index contributed by atoms with van der Waals surface area (Å²) < 4.78 is 16.6. The third kappa shape index (κ3) is 5.65. The average Bonchev–Trinajstić information content (AvgIpc) is 3.34. The van der Waals surface area contributed by atoms with E-state index in [4.69, 9.17) is 25.5 Å². The van der Waals surface area contributed by atoms with Gasteiger partial charge in [-0.1, -0.05) is 37.4 Å². The van der Waals surface area contributed by atoms with E-state index in [-0.39, 0.29) is 49.6 Å². The first-order valence-corrected chi connectivity index (χ1v) is 13.5. The smallest absolute Gasteiger partial charge is 0.242 e. The van der Waals surface area contributed by atoms with E-state index in [1.807, 2.05) is 12.1 Å². The summed E-state index contributed by atoms with van der Waals surface area (Å²) in [7, 11) is 0. The molecule has 2 heterocycles. The van der Waals surface area contributed by atoms with Gasteiger partial charge in [-0.3, -0.25) is 14.4 Å². The Balaban J connectivity index is 1.43. The quantitative estimate of drug-likeness (QED) is 0.355. The molecular formula is C29H31ClN2O6. The fraction of sp³-hybridized carbons (Fsp3) is 0.414. The van der Waals surface area contributed by atoms with Crippen molar-refractivity contribution >= 4 is 34.4 Å². The second-order valence-electron chi connectivity index (χ2n) is 9.91. The molecule has 0 atom stereocenters. The highest BCUT2D eigenvalue weighted by Gasteiger charge is 2.31. The number of unbranched alkanes of at least 4 members (excludes halogenated alkanes) is 1. The van der Waals surface area contributed by atoms with E-state index in [2.05, 4.69) is 6.92 Å². The number of benzene rings is 2. The summed E-state index contributed by atoms with van der Waals surface area (Å²) in [5.74, 6) is 1.06. The topological polar surface area (TPSA) is 89.3 Å². The molecule has 2 aliphatic rings. The van der Waals surface area contributed by atoms with Crippen molar-refractivity contribution in [2.24, 2.45) is 5.92 Å². The first kappa shape index (κ1) is 26.1. The maximum absolute atomic E-state index is 13.7. The molecule has 0 radical (unpaired) electrons. The minimum Gasteiger partial charge on any atom is -0.464 e. The molecule has 0 saturated heterocycles. The zero-order valence-electron chi connectivity index (χ0n) is 21.4. The largest absolute Gasteiger partial charge is 0.464 e. The molecule has 8 nitrogen and oxygen atoms in total. The van der Waals surface area contributed by atoms with E-state index in [9.17, 15) is 14.4 Å². The summed E-state index contributed by atoms with van der Waals surface area (Å²) in [5, 5.41) is 0.784. The van der Waals surface area contributed by atoms with Crippen LogP contribution in [0.4, 0.5) is 0 Å². The highest BCUT2D eigenvalue weighted by atomic mass is 35.5. The van der Waals surface area contributed by atoms with Crippen molar-refractivity contribution in [1.82, 2.24) is 9.80 Å². The summed E-state index contributed by atoms with van der Waals surface area (Å²) in [4.78, 5) is 43.4. The lowest BCUT2D eigenvalue weighted by Gasteiger charge is -2.33. The molecule has 0 bridgehead atoms. The van der Waals surface area contributed by atoms with Crippen molar-refractivity contribution in [2.75, 3.05) is 19.9 Å². The van der Waals surface area contributed by atoms with Crippen LogP contribution >= 0.6 is 11.6 Å². The Hall–Kier alpha value is -3.52. The highest BCUT2D eigenvalue weighted by Crippen LogP contribution is 2.33. The second kappa shape index (κ2) is 11.5. The van der Waals surface area contributed by atoms with Gasteiger partial charge in [-0.2, -0.15) is 0 Å². The van der Waals surface area contributed by atoms with Crippen molar-refractivity contribution in [2.45, 2.75) is 52.1 Å². The predicted octanol–water partition coefficient (Wildman–Crippen LogP) is 5.13. The van der Waals surface area contributed by atoms with Gasteiger partial charge in [0.05, 0.1) is 30.3 Å². The van der Waals surface area contributed by atoms with Crippen LogP contribution in [0.5, 0.6) is 11.5 Å². The molecule has 1 aliphatic heterocycles. The van der Waals surface area contributed by atoms with Crippen LogP contribution in [0.1, 0.15) is 50.2 Å². The van der Waals surface area contributed by atoms with Gasteiger partial charge in [0.15, 0.2) is 16.9 Å². The van der Waals surface area contributed by atoms with Gasteiger partial charge in [0.2, 0.25) is 18.6 Å². The molecule has 1 saturated carbocycles. The van der Waals surface area contributed by atoms with Gasteiger partial charge in [-0.05, 0) is 55.2 Å². The van der Waals surface area contributed by atoms with Crippen LogP contribution in [0.3, 0.4) is 0 Å². The molecule has 5 rings (SSSR count). The van der Waals surface area contributed by atoms with E-state index in [0.717, 1.165) is 37.7 Å². The Morgan fingerprint density at radius 3 is 2.61 bits per heavy atom. The maximum atomic E-state index is 13.7. The van der Waals surface area contributed by atoms with Crippen LogP contribution in [0, 0.1) is 5.92 Å². The minimum atomic E-state index is -0.245. The summed E-state index contributed by atoms with van der Waals surface area (Å²) in [6.07, 6.45) is 5.93. The lowest BCUT2D eigenvalue weighted by Crippen LogP contribution is -2.46. The number of halogens is 1. The summed E-state index contributed by atoms with van der Waals surface area (Å²) in [5.41, 5.74) is 1.33. The minimum absolute atomic E-state index is 0.000698. The molecule has 1 fully saturated rings. The van der Waals surface area contributed by atoms with Gasteiger partial charge in [-0.25, -0.2) is 0 Å². The Morgan fingerprint density at radius 1 is 1.03 bits per heavy atom. The van der Waals surface area contributed by atoms with Crippen molar-refractivity contribution in [1.29, 1.82) is 0 Å². The lowest BCUT2D eigenvalue weighted by atomic mass is 9.84. The van der Waals surface area contributed by atoms with Crippen LogP contribution in [0.15, 0.2) is 51.9 Å². The van der Waals surface area contributed by atoms with Crippen molar-refractivity contribution in [3.8, 4) is 11.5 Å². The molecular weight excluding hydrogens is 508 g/mol. The van der Waals surface area contributed by atoms with E-state index in [1.54, 1.807) is 34.1 Å². The van der Waals surface area contributed by atoms with Gasteiger partial charge in [0.1, 0.15) is 5.58 Å². The summed E-state index contributed by atoms with van der Waals surface area (Å²) in [6, 6.07) is 10.4. The van der Waals surface area contributed by atoms with Crippen LogP contribution < -0.4 is 14.9 Å². The fourth-order valence-corrected chi connectivity index (χ4v) is 4.92. The van der Waals surface area contributed by atoms with Gasteiger partial charge >= 0.3 is 0 Å². The first-order valence-electron chi connectivity index (χ1n) is 13.1. The highest BCUT2D eigenvalue weighted by molar-refractivity contribution is 6.31. The van der Waals surface area contributed by atoms with Crippen LogP contribution in [0.2, 0.25) is 5.02 Å². The summed E-state index contributed by atoms with van der Waals surface area (Å²) in [6.45, 7) is 2.96. The number of carbonyl (C=O) groups excluding carboxylic acids is 2. The molecule has 1 aliphatic carbocycles. The van der Waals surface area contributed by atoms with Crippen LogP contribution in [-0.2, 0) is 22.7 Å². The molecule has 2 aromatic carbocycles. The van der Waals surface area contributed by atoms with Crippen molar-refractivity contribution in [3.63, 3.8) is 0 Å². The third-order valence-electron chi connectivity index (χ3n) is 7.20. The van der Waals surface area contributed by atoms with Gasteiger partial charge in [0, 0.05) is 24.0 Å².